The Hall–Kier alpha value is -6.64. The summed E-state index contributed by atoms with van der Waals surface area (Å²) >= 11 is 13.4. The average molecular weight is 1600 g/mol. The number of nitrogens with one attached hydrogen (secondary N) is 1. The molecule has 3 amide bonds. The molecular formula is C78H89Br4FN12O4. The van der Waals surface area contributed by atoms with E-state index in [1.54, 1.807) is 6.07 Å². The maximum Gasteiger partial charge on any atom is 0.257 e. The van der Waals surface area contributed by atoms with Crippen LogP contribution in [0.3, 0.4) is 0 Å². The Bertz CT molecular complexity index is 3910. The fourth-order valence-corrected chi connectivity index (χ4v) is 16.7. The molecular weight excluding hydrogens is 1510 g/mol. The molecule has 4 saturated heterocycles. The van der Waals surface area contributed by atoms with Crippen LogP contribution in [0, 0.1) is 23.1 Å². The van der Waals surface area contributed by atoms with Gasteiger partial charge in [-0.1, -0.05) is 140 Å². The number of ether oxygens (including phenoxy) is 1. The van der Waals surface area contributed by atoms with Gasteiger partial charge in [-0.3, -0.25) is 34.4 Å². The van der Waals surface area contributed by atoms with E-state index in [2.05, 4.69) is 181 Å². The summed E-state index contributed by atoms with van der Waals surface area (Å²) in [6.45, 7) is 13.2. The van der Waals surface area contributed by atoms with E-state index in [1.807, 2.05) is 60.7 Å². The second kappa shape index (κ2) is 34.8. The number of benzene rings is 3. The van der Waals surface area contributed by atoms with Crippen LogP contribution in [-0.4, -0.2) is 168 Å². The molecule has 0 spiro atoms. The van der Waals surface area contributed by atoms with Gasteiger partial charge in [0.15, 0.2) is 11.6 Å². The molecule has 3 aliphatic carbocycles. The van der Waals surface area contributed by atoms with E-state index in [1.165, 1.54) is 146 Å². The van der Waals surface area contributed by atoms with Crippen LogP contribution in [0.1, 0.15) is 124 Å². The highest BCUT2D eigenvalue weighted by atomic mass is 79.9. The lowest BCUT2D eigenvalue weighted by atomic mass is 9.85. The Morgan fingerprint density at radius 3 is 1.34 bits per heavy atom. The molecule has 3 aromatic carbocycles. The zero-order chi connectivity index (χ0) is 68.7. The topological polar surface area (TPSA) is 147 Å². The summed E-state index contributed by atoms with van der Waals surface area (Å²) in [6.07, 6.45) is 20.7. The molecule has 1 N–H and O–H groups in total. The van der Waals surface area contributed by atoms with Crippen molar-refractivity contribution in [1.82, 2.24) is 44.9 Å². The van der Waals surface area contributed by atoms with Crippen LogP contribution in [0.15, 0.2) is 152 Å². The first-order valence-corrected chi connectivity index (χ1v) is 38.6. The van der Waals surface area contributed by atoms with Gasteiger partial charge in [0.25, 0.3) is 5.91 Å². The van der Waals surface area contributed by atoms with Crippen molar-refractivity contribution in [3.63, 3.8) is 0 Å². The molecule has 7 fully saturated rings. The fraction of sp³-hybridized carbons (Fsp3) is 0.449. The Labute approximate surface area is 616 Å². The third-order valence-corrected chi connectivity index (χ3v) is 22.5. The van der Waals surface area contributed by atoms with Crippen molar-refractivity contribution in [2.75, 3.05) is 107 Å². The quantitative estimate of drug-likeness (QED) is 0.0744. The van der Waals surface area contributed by atoms with E-state index in [4.69, 9.17) is 14.7 Å². The third-order valence-electron chi connectivity index (χ3n) is 20.7. The van der Waals surface area contributed by atoms with E-state index in [0.29, 0.717) is 11.1 Å². The van der Waals surface area contributed by atoms with Crippen LogP contribution in [0.5, 0.6) is 5.75 Å². The molecule has 4 aromatic heterocycles. The van der Waals surface area contributed by atoms with Gasteiger partial charge in [-0.2, -0.15) is 0 Å². The second-order valence-corrected chi connectivity index (χ2v) is 30.4. The zero-order valence-electron chi connectivity index (χ0n) is 56.6. The average Bonchev–Trinajstić information content (AvgIpc) is 1.61. The number of fused-ring (bicyclic) bond motifs is 1. The Morgan fingerprint density at radius 2 is 0.929 bits per heavy atom. The molecule has 3 saturated carbocycles. The molecule has 520 valence electrons. The number of imide groups is 1. The number of rotatable bonds is 11. The van der Waals surface area contributed by atoms with Crippen LogP contribution < -0.4 is 24.8 Å². The predicted molar refractivity (Wildman–Crippen MR) is 405 cm³/mol. The Morgan fingerprint density at radius 1 is 0.505 bits per heavy atom. The molecule has 99 heavy (non-hydrogen) atoms. The summed E-state index contributed by atoms with van der Waals surface area (Å²) in [5, 5.41) is 2.34. The first kappa shape index (κ1) is 72.2. The van der Waals surface area contributed by atoms with Gasteiger partial charge in [-0.25, -0.2) is 24.3 Å². The first-order chi connectivity index (χ1) is 48.2. The van der Waals surface area contributed by atoms with Crippen LogP contribution in [-0.2, 0) is 16.1 Å². The minimum atomic E-state index is -1.45. The normalized spacial score (nSPS) is 20.5. The second-order valence-electron chi connectivity index (χ2n) is 27.1. The smallest absolute Gasteiger partial charge is 0.257 e. The van der Waals surface area contributed by atoms with Gasteiger partial charge in [0, 0.05) is 131 Å². The van der Waals surface area contributed by atoms with Crippen LogP contribution in [0.25, 0.3) is 22.5 Å². The summed E-state index contributed by atoms with van der Waals surface area (Å²) in [6, 6.07) is 45.9. The number of carbonyl (C=O) groups excluding carboxylic acids is 3. The number of amides is 3. The van der Waals surface area contributed by atoms with Crippen LogP contribution in [0.4, 0.5) is 21.8 Å². The zero-order valence-corrected chi connectivity index (χ0v) is 62.9. The standard InChI is InChI=1S/C37H38FN5O4.C21H26BrN3.C15H22BrN3.C5H3Br2N/c1-47-30-15-14-27-23-43(35(45)33(27)34(30)38)24-37(22-32(44)40-36(37)46)17-16-25-10-12-26(13-11-25)29-8-5-9-31(39-29)42-20-18-41(19-21-42)28-6-3-2-4-7-28;22-18-11-9-17(10-12-18)20-7-4-8-21(23-20)25-15-13-24(14-16-25)19-5-2-1-3-6-19;16-14-7-4-8-15(17-14)19-11-9-18(10-12-19)13-5-2-1-3-6-13;6-4-2-1-3-5(7)8-4/h5,8-15,28H,2-4,6-7,18-24H2,1H3,(H,40,44,46);4,7-12,19H,1-3,5-6,13-16H2;4,7-8,13H,1-3,5-6,9-12H2;1-3H/t37-;;;/m1.../s1. The summed E-state index contributed by atoms with van der Waals surface area (Å²) in [4.78, 5) is 73.8. The summed E-state index contributed by atoms with van der Waals surface area (Å²) in [5.41, 5.74) is 3.66. The third kappa shape index (κ3) is 18.9. The van der Waals surface area contributed by atoms with Crippen LogP contribution >= 0.6 is 63.7 Å². The fourth-order valence-electron chi connectivity index (χ4n) is 15.2. The molecule has 0 bridgehead atoms. The molecule has 9 heterocycles. The lowest BCUT2D eigenvalue weighted by Crippen LogP contribution is -2.51. The monoisotopic (exact) mass is 1590 g/mol. The predicted octanol–water partition coefficient (Wildman–Crippen LogP) is 15.3. The van der Waals surface area contributed by atoms with Gasteiger partial charge in [0.1, 0.15) is 36.7 Å². The van der Waals surface area contributed by atoms with Crippen molar-refractivity contribution in [1.29, 1.82) is 0 Å². The number of halogens is 5. The highest BCUT2D eigenvalue weighted by Gasteiger charge is 2.49. The van der Waals surface area contributed by atoms with Gasteiger partial charge in [0.05, 0.1) is 30.5 Å². The molecule has 5 aliphatic heterocycles. The number of pyridine rings is 4. The maximum absolute atomic E-state index is 14.9. The molecule has 0 radical (unpaired) electrons. The minimum Gasteiger partial charge on any atom is -0.494 e. The van der Waals surface area contributed by atoms with Crippen molar-refractivity contribution >= 4 is 98.9 Å². The van der Waals surface area contributed by atoms with Crippen molar-refractivity contribution in [3.05, 3.63) is 174 Å². The summed E-state index contributed by atoms with van der Waals surface area (Å²) in [5.74, 6) is 6.94. The molecule has 1 atom stereocenters. The first-order valence-electron chi connectivity index (χ1n) is 35.4. The van der Waals surface area contributed by atoms with Crippen molar-refractivity contribution in [3.8, 4) is 40.1 Å². The van der Waals surface area contributed by atoms with E-state index < -0.39 is 29.0 Å². The Balaban J connectivity index is 0.000000148. The maximum atomic E-state index is 14.9. The van der Waals surface area contributed by atoms with Gasteiger partial charge in [-0.15, -0.1) is 0 Å². The van der Waals surface area contributed by atoms with Crippen LogP contribution in [0.2, 0.25) is 0 Å². The molecule has 0 unspecified atom stereocenters. The van der Waals surface area contributed by atoms with Crippen molar-refractivity contribution in [2.45, 2.75) is 127 Å². The number of anilines is 3. The number of methoxy groups -OCH3 is 1. The number of piperazine rings is 3. The van der Waals surface area contributed by atoms with E-state index in [9.17, 15) is 18.8 Å². The minimum absolute atomic E-state index is 0.0275. The molecule has 15 rings (SSSR count). The number of aromatic nitrogens is 4. The Kier molecular flexibility index (Phi) is 25.4. The SMILES string of the molecule is Brc1ccc(-c2cccc(N3CCN(C4CCCCC4)CC3)n2)cc1.Brc1cccc(Br)n1.Brc1cccc(N2CCN(C3CCCCC3)CC2)n1.COc1ccc2c(c1F)C(=O)N(C[C@@]1(C#Cc3ccc(-c4cccc(N5CCN(C6CCCCC6)CC5)n4)cc3)CC(=O)NC1=O)C2. The van der Waals surface area contributed by atoms with Gasteiger partial charge in [0.2, 0.25) is 11.8 Å². The summed E-state index contributed by atoms with van der Waals surface area (Å²) in [7, 11) is 1.33. The lowest BCUT2D eigenvalue weighted by molar-refractivity contribution is -0.127. The van der Waals surface area contributed by atoms with Crippen molar-refractivity contribution in [2.24, 2.45) is 5.41 Å². The van der Waals surface area contributed by atoms with Crippen molar-refractivity contribution < 1.29 is 23.5 Å². The lowest BCUT2D eigenvalue weighted by Gasteiger charge is -2.41. The van der Waals surface area contributed by atoms with E-state index in [-0.39, 0.29) is 30.8 Å². The van der Waals surface area contributed by atoms with Gasteiger partial charge in [-0.05, 0) is 171 Å². The molecule has 7 aromatic rings. The number of nitrogens with zero attached hydrogens (tertiary/aromatic N) is 11. The highest BCUT2D eigenvalue weighted by Crippen LogP contribution is 2.37. The number of carbonyl (C=O) groups is 3. The largest absolute Gasteiger partial charge is 0.494 e. The van der Waals surface area contributed by atoms with Gasteiger partial charge < -0.3 is 24.3 Å². The van der Waals surface area contributed by atoms with E-state index >= 15 is 0 Å². The number of hydrogen-bond donors (Lipinski definition) is 1. The number of hydrogen-bond acceptors (Lipinski definition) is 14. The highest BCUT2D eigenvalue weighted by molar-refractivity contribution is 9.11. The van der Waals surface area contributed by atoms with E-state index in [0.717, 1.165) is 123 Å². The molecule has 8 aliphatic rings. The molecule has 16 nitrogen and oxygen atoms in total. The van der Waals surface area contributed by atoms with Gasteiger partial charge >= 0.3 is 0 Å². The molecule has 21 heteroatoms. The summed E-state index contributed by atoms with van der Waals surface area (Å²) < 4.78 is 23.7.